The Hall–Kier alpha value is -5.64. The molecule has 53 heavy (non-hydrogen) atoms. The van der Waals surface area contributed by atoms with E-state index in [9.17, 15) is 28.8 Å². The number of benzene rings is 1. The molecule has 0 fully saturated rings. The highest BCUT2D eigenvalue weighted by Crippen LogP contribution is 2.25. The first-order valence-corrected chi connectivity index (χ1v) is 18.3. The smallest absolute Gasteiger partial charge is 0.272 e. The van der Waals surface area contributed by atoms with Crippen LogP contribution in [-0.4, -0.2) is 117 Å². The van der Waals surface area contributed by atoms with Crippen LogP contribution in [0.1, 0.15) is 64.8 Å². The molecule has 0 unspecified atom stereocenters. The van der Waals surface area contributed by atoms with E-state index < -0.39 is 53.6 Å². The first-order valence-electron chi connectivity index (χ1n) is 17.4. The van der Waals surface area contributed by atoms with Gasteiger partial charge in [0.1, 0.15) is 28.5 Å². The van der Waals surface area contributed by atoms with E-state index in [2.05, 4.69) is 30.9 Å². The molecule has 3 aromatic heterocycles. The van der Waals surface area contributed by atoms with Crippen LogP contribution in [0.15, 0.2) is 60.2 Å². The summed E-state index contributed by atoms with van der Waals surface area (Å²) in [5, 5.41) is 11.4. The molecular weight excluding hydrogens is 699 g/mol. The van der Waals surface area contributed by atoms with Crippen molar-refractivity contribution >= 4 is 57.7 Å². The lowest BCUT2D eigenvalue weighted by atomic mass is 10.0. The molecule has 5 rings (SSSR count). The fourth-order valence-electron chi connectivity index (χ4n) is 6.13. The number of hydrogen-bond donors (Lipinski definition) is 4. The number of likely N-dealkylation sites (N-methyl/N-ethyl adjacent to an activating group) is 2. The number of rotatable bonds is 5. The molecule has 6 amide bonds. The Labute approximate surface area is 311 Å². The zero-order chi connectivity index (χ0) is 38.2. The number of nitrogens with zero attached hydrogens (tertiary/aromatic N) is 5. The van der Waals surface area contributed by atoms with Crippen molar-refractivity contribution in [1.29, 1.82) is 0 Å². The Morgan fingerprint density at radius 1 is 0.887 bits per heavy atom. The van der Waals surface area contributed by atoms with Crippen LogP contribution in [-0.2, 0) is 25.6 Å². The van der Waals surface area contributed by atoms with Gasteiger partial charge in [-0.1, -0.05) is 38.1 Å². The quantitative estimate of drug-likeness (QED) is 0.239. The number of nitrogens with one attached hydrogen (secondary N) is 4. The third-order valence-electron chi connectivity index (χ3n) is 8.89. The fourth-order valence-corrected chi connectivity index (χ4v) is 7.00. The third kappa shape index (κ3) is 9.83. The standard InChI is InChI=1S/C37H45N9O6S/c1-22(2)16-28-34-43-30(21-53-34)33(49)42-29(17-24-18-39-26-11-7-6-10-25(24)26)36(51)45(5)19-31(47)40-23(3)35(50)44(4)14-15-46(20-32(48)41-28)37(52)27-12-8-9-13-38-27/h6-13,18,21-23,28-29,39H,14-17,19-20H2,1-5H3,(H,40,47)(H,41,48)(H,42,49)/t23-,28-,29+/m0/s1. The SMILES string of the molecule is CC(C)C[C@@H]1NC(=O)CN(C(=O)c2ccccn2)CCN(C)C(=O)[C@H](C)NC(=O)CN(C)C(=O)[C@@H](Cc2c[nH]c3ccccc23)NC(=O)c2csc1n2. The zero-order valence-electron chi connectivity index (χ0n) is 30.4. The van der Waals surface area contributed by atoms with Gasteiger partial charge in [-0.3, -0.25) is 33.8 Å². The van der Waals surface area contributed by atoms with Crippen molar-refractivity contribution in [1.82, 2.24) is 45.6 Å². The Balaban J connectivity index is 1.47. The molecule has 2 bridgehead atoms. The van der Waals surface area contributed by atoms with Crippen LogP contribution in [0, 0.1) is 5.92 Å². The van der Waals surface area contributed by atoms with E-state index >= 15 is 0 Å². The molecule has 4 heterocycles. The van der Waals surface area contributed by atoms with E-state index in [1.54, 1.807) is 29.8 Å². The monoisotopic (exact) mass is 743 g/mol. The minimum atomic E-state index is -1.07. The maximum atomic E-state index is 13.9. The van der Waals surface area contributed by atoms with Crippen molar-refractivity contribution in [3.8, 4) is 0 Å². The number of pyridine rings is 1. The number of carbonyl (C=O) groups is 6. The summed E-state index contributed by atoms with van der Waals surface area (Å²) >= 11 is 1.20. The van der Waals surface area contributed by atoms with Crippen molar-refractivity contribution in [3.63, 3.8) is 0 Å². The summed E-state index contributed by atoms with van der Waals surface area (Å²) in [7, 11) is 2.99. The summed E-state index contributed by atoms with van der Waals surface area (Å²) in [6.45, 7) is 4.85. The molecule has 0 saturated carbocycles. The first-order chi connectivity index (χ1) is 25.3. The van der Waals surface area contributed by atoms with Gasteiger partial charge in [0.15, 0.2) is 0 Å². The second kappa shape index (κ2) is 17.3. The first kappa shape index (κ1) is 38.6. The van der Waals surface area contributed by atoms with Crippen molar-refractivity contribution < 1.29 is 28.8 Å². The fraction of sp³-hybridized carbons (Fsp3) is 0.405. The molecule has 1 aliphatic rings. The van der Waals surface area contributed by atoms with Crippen LogP contribution in [0.3, 0.4) is 0 Å². The number of fused-ring (bicyclic) bond motifs is 3. The van der Waals surface area contributed by atoms with Gasteiger partial charge in [0.25, 0.3) is 11.8 Å². The maximum Gasteiger partial charge on any atom is 0.272 e. The zero-order valence-corrected chi connectivity index (χ0v) is 31.2. The average molecular weight is 744 g/mol. The van der Waals surface area contributed by atoms with Crippen LogP contribution in [0.4, 0.5) is 0 Å². The highest BCUT2D eigenvalue weighted by molar-refractivity contribution is 7.09. The van der Waals surface area contributed by atoms with Crippen LogP contribution in [0.25, 0.3) is 10.9 Å². The number of aromatic nitrogens is 3. The second-order valence-electron chi connectivity index (χ2n) is 13.6. The molecule has 4 aromatic rings. The Morgan fingerprint density at radius 2 is 1.62 bits per heavy atom. The molecule has 0 radical (unpaired) electrons. The third-order valence-corrected chi connectivity index (χ3v) is 9.85. The summed E-state index contributed by atoms with van der Waals surface area (Å²) in [4.78, 5) is 97.1. The highest BCUT2D eigenvalue weighted by atomic mass is 32.1. The van der Waals surface area contributed by atoms with E-state index in [4.69, 9.17) is 0 Å². The van der Waals surface area contributed by atoms with E-state index in [-0.39, 0.29) is 49.9 Å². The molecule has 1 aliphatic heterocycles. The van der Waals surface area contributed by atoms with Gasteiger partial charge in [-0.25, -0.2) is 4.98 Å². The van der Waals surface area contributed by atoms with Crippen LogP contribution < -0.4 is 16.0 Å². The molecule has 4 N–H and O–H groups in total. The summed E-state index contributed by atoms with van der Waals surface area (Å²) in [5.74, 6) is -2.96. The predicted octanol–water partition coefficient (Wildman–Crippen LogP) is 2.14. The number of aromatic amines is 1. The molecule has 16 heteroatoms. The largest absolute Gasteiger partial charge is 0.361 e. The number of hydrogen-bond acceptors (Lipinski definition) is 9. The minimum Gasteiger partial charge on any atom is -0.361 e. The molecule has 280 valence electrons. The topological polar surface area (TPSA) is 190 Å². The second-order valence-corrected chi connectivity index (χ2v) is 14.5. The van der Waals surface area contributed by atoms with Crippen LogP contribution in [0.5, 0.6) is 0 Å². The van der Waals surface area contributed by atoms with Crippen molar-refractivity contribution in [2.75, 3.05) is 40.3 Å². The number of carbonyl (C=O) groups excluding carboxylic acids is 6. The molecule has 3 atom stereocenters. The molecule has 0 aliphatic carbocycles. The van der Waals surface area contributed by atoms with Crippen molar-refractivity contribution in [2.45, 2.75) is 51.7 Å². The Kier molecular flexibility index (Phi) is 12.6. The number of amides is 6. The lowest BCUT2D eigenvalue weighted by Gasteiger charge is -2.28. The molecule has 15 nitrogen and oxygen atoms in total. The number of H-pyrrole nitrogens is 1. The van der Waals surface area contributed by atoms with Crippen LogP contribution >= 0.6 is 11.3 Å². The lowest BCUT2D eigenvalue weighted by molar-refractivity contribution is -0.138. The van der Waals surface area contributed by atoms with Gasteiger partial charge in [-0.05, 0) is 43.0 Å². The van der Waals surface area contributed by atoms with Gasteiger partial charge < -0.3 is 35.6 Å². The van der Waals surface area contributed by atoms with Crippen LogP contribution in [0.2, 0.25) is 0 Å². The van der Waals surface area contributed by atoms with E-state index in [1.165, 1.54) is 53.3 Å². The van der Waals surface area contributed by atoms with Gasteiger partial charge in [0.05, 0.1) is 19.1 Å². The predicted molar refractivity (Wildman–Crippen MR) is 199 cm³/mol. The van der Waals surface area contributed by atoms with E-state index in [0.717, 1.165) is 16.5 Å². The van der Waals surface area contributed by atoms with Gasteiger partial charge in [-0.2, -0.15) is 0 Å². The molecular formula is C37H45N9O6S. The summed E-state index contributed by atoms with van der Waals surface area (Å²) in [6, 6.07) is 9.86. The minimum absolute atomic E-state index is 0.00277. The van der Waals surface area contributed by atoms with Crippen molar-refractivity contribution in [2.24, 2.45) is 5.92 Å². The van der Waals surface area contributed by atoms with E-state index in [1.807, 2.05) is 38.1 Å². The van der Waals surface area contributed by atoms with E-state index in [0.29, 0.717) is 11.4 Å². The lowest BCUT2D eigenvalue weighted by Crippen LogP contribution is -2.53. The summed E-state index contributed by atoms with van der Waals surface area (Å²) in [6.07, 6.45) is 3.88. The molecule has 0 spiro atoms. The van der Waals surface area contributed by atoms with Gasteiger partial charge in [0.2, 0.25) is 23.6 Å². The Morgan fingerprint density at radius 3 is 2.36 bits per heavy atom. The van der Waals surface area contributed by atoms with Gasteiger partial charge >= 0.3 is 0 Å². The highest BCUT2D eigenvalue weighted by Gasteiger charge is 2.31. The number of thiazole rings is 1. The molecule has 1 aromatic carbocycles. The van der Waals surface area contributed by atoms with Crippen molar-refractivity contribution in [3.05, 3.63) is 82.2 Å². The Bertz CT molecular complexity index is 1960. The molecule has 0 saturated heterocycles. The normalized spacial score (nSPS) is 20.2. The maximum absolute atomic E-state index is 13.9. The van der Waals surface area contributed by atoms with Gasteiger partial charge in [0, 0.05) is 62.3 Å². The number of para-hydroxylation sites is 1. The summed E-state index contributed by atoms with van der Waals surface area (Å²) in [5.41, 5.74) is 1.86. The van der Waals surface area contributed by atoms with Gasteiger partial charge in [-0.15, -0.1) is 11.3 Å². The summed E-state index contributed by atoms with van der Waals surface area (Å²) < 4.78 is 0. The average Bonchev–Trinajstić information content (AvgIpc) is 3.79.